The Bertz CT molecular complexity index is 659. The molecule has 0 amide bonds. The number of carbonyl (C=O) groups is 1. The van der Waals surface area contributed by atoms with Gasteiger partial charge in [-0.1, -0.05) is 6.07 Å². The Hall–Kier alpha value is -2.08. The highest BCUT2D eigenvalue weighted by atomic mass is 79.9. The summed E-state index contributed by atoms with van der Waals surface area (Å²) in [5.74, 6) is 0.187. The average molecular weight is 337 g/mol. The minimum absolute atomic E-state index is 0.139. The van der Waals surface area contributed by atoms with Gasteiger partial charge in [0.25, 0.3) is 0 Å². The molecular weight excluding hydrogens is 324 g/mol. The number of ether oxygens (including phenoxy) is 2. The number of halogens is 1. The molecule has 0 aliphatic carbocycles. The maximum Gasteiger partial charge on any atom is 0.356 e. The third-order valence-corrected chi connectivity index (χ3v) is 3.20. The number of aromatic nitrogens is 1. The Morgan fingerprint density at radius 1 is 1.30 bits per heavy atom. The van der Waals surface area contributed by atoms with Crippen molar-refractivity contribution in [2.45, 2.75) is 6.92 Å². The summed E-state index contributed by atoms with van der Waals surface area (Å²) >= 11 is 3.41. The summed E-state index contributed by atoms with van der Waals surface area (Å²) in [5, 5.41) is 0. The minimum atomic E-state index is -0.544. The summed E-state index contributed by atoms with van der Waals surface area (Å²) in [6, 6.07) is 8.65. The first-order valence-electron chi connectivity index (χ1n) is 5.80. The van der Waals surface area contributed by atoms with Crippen LogP contribution in [0.4, 0.5) is 5.69 Å². The minimum Gasteiger partial charge on any atom is -0.464 e. The van der Waals surface area contributed by atoms with E-state index in [0.717, 1.165) is 10.0 Å². The van der Waals surface area contributed by atoms with Crippen LogP contribution in [0, 0.1) is 6.92 Å². The summed E-state index contributed by atoms with van der Waals surface area (Å²) < 4.78 is 11.0. The van der Waals surface area contributed by atoms with Crippen molar-refractivity contribution in [3.8, 4) is 11.6 Å². The van der Waals surface area contributed by atoms with Gasteiger partial charge in [-0.25, -0.2) is 9.78 Å². The van der Waals surface area contributed by atoms with Crippen LogP contribution in [-0.2, 0) is 4.74 Å². The van der Waals surface area contributed by atoms with Crippen LogP contribution >= 0.6 is 15.9 Å². The molecule has 1 aromatic heterocycles. The molecule has 0 radical (unpaired) electrons. The van der Waals surface area contributed by atoms with Crippen molar-refractivity contribution in [1.29, 1.82) is 0 Å². The van der Waals surface area contributed by atoms with Gasteiger partial charge in [-0.2, -0.15) is 0 Å². The van der Waals surface area contributed by atoms with E-state index < -0.39 is 5.97 Å². The lowest BCUT2D eigenvalue weighted by molar-refractivity contribution is 0.0593. The molecule has 2 aromatic rings. The number of pyridine rings is 1. The topological polar surface area (TPSA) is 74.4 Å². The second-order valence-corrected chi connectivity index (χ2v) is 4.97. The lowest BCUT2D eigenvalue weighted by Gasteiger charge is -2.10. The second-order valence-electron chi connectivity index (χ2n) is 4.12. The number of benzene rings is 1. The SMILES string of the molecule is COC(=O)c1ccc(N)c(Oc2ccc(C)cc2Br)n1. The second kappa shape index (κ2) is 5.92. The Kier molecular flexibility index (Phi) is 4.24. The van der Waals surface area contributed by atoms with Gasteiger partial charge in [-0.15, -0.1) is 0 Å². The molecule has 0 fully saturated rings. The van der Waals surface area contributed by atoms with Crippen LogP contribution in [0.5, 0.6) is 11.6 Å². The van der Waals surface area contributed by atoms with Crippen molar-refractivity contribution in [3.05, 3.63) is 46.1 Å². The fourth-order valence-electron chi connectivity index (χ4n) is 1.54. The molecule has 0 saturated heterocycles. The molecular formula is C14H13BrN2O3. The first-order valence-corrected chi connectivity index (χ1v) is 6.59. The zero-order valence-electron chi connectivity index (χ0n) is 11.0. The van der Waals surface area contributed by atoms with Gasteiger partial charge >= 0.3 is 5.97 Å². The molecule has 2 rings (SSSR count). The number of aryl methyl sites for hydroxylation is 1. The number of hydrogen-bond acceptors (Lipinski definition) is 5. The van der Waals surface area contributed by atoms with E-state index in [0.29, 0.717) is 11.4 Å². The first kappa shape index (κ1) is 14.3. The van der Waals surface area contributed by atoms with Gasteiger partial charge in [0.05, 0.1) is 17.3 Å². The van der Waals surface area contributed by atoms with Crippen LogP contribution < -0.4 is 10.5 Å². The van der Waals surface area contributed by atoms with Gasteiger partial charge < -0.3 is 15.2 Å². The molecule has 104 valence electrons. The van der Waals surface area contributed by atoms with E-state index in [4.69, 9.17) is 10.5 Å². The summed E-state index contributed by atoms with van der Waals surface area (Å²) in [6.07, 6.45) is 0. The zero-order valence-corrected chi connectivity index (χ0v) is 12.6. The summed E-state index contributed by atoms with van der Waals surface area (Å²) in [4.78, 5) is 15.5. The van der Waals surface area contributed by atoms with Crippen LogP contribution in [0.15, 0.2) is 34.8 Å². The number of nitrogens with zero attached hydrogens (tertiary/aromatic N) is 1. The standard InChI is InChI=1S/C14H13BrN2O3/c1-8-3-6-12(9(15)7-8)20-13-10(16)4-5-11(17-13)14(18)19-2/h3-7H,16H2,1-2H3. The zero-order chi connectivity index (χ0) is 14.7. The number of rotatable bonds is 3. The highest BCUT2D eigenvalue weighted by Crippen LogP contribution is 2.32. The summed E-state index contributed by atoms with van der Waals surface area (Å²) in [5.41, 5.74) is 7.37. The molecule has 6 heteroatoms. The quantitative estimate of drug-likeness (QED) is 0.870. The Balaban J connectivity index is 2.35. The third-order valence-electron chi connectivity index (χ3n) is 2.58. The van der Waals surface area contributed by atoms with Gasteiger partial charge in [0.2, 0.25) is 5.88 Å². The molecule has 0 unspecified atom stereocenters. The van der Waals surface area contributed by atoms with Crippen molar-refractivity contribution >= 4 is 27.6 Å². The molecule has 0 saturated carbocycles. The van der Waals surface area contributed by atoms with Gasteiger partial charge in [-0.05, 0) is 52.7 Å². The third kappa shape index (κ3) is 3.08. The predicted octanol–water partition coefficient (Wildman–Crippen LogP) is 3.31. The molecule has 0 aliphatic rings. The Morgan fingerprint density at radius 2 is 2.05 bits per heavy atom. The van der Waals surface area contributed by atoms with Gasteiger partial charge in [-0.3, -0.25) is 0 Å². The maximum absolute atomic E-state index is 11.5. The fourth-order valence-corrected chi connectivity index (χ4v) is 2.12. The molecule has 0 atom stereocenters. The maximum atomic E-state index is 11.5. The highest BCUT2D eigenvalue weighted by Gasteiger charge is 2.13. The van der Waals surface area contributed by atoms with Crippen molar-refractivity contribution in [1.82, 2.24) is 4.98 Å². The van der Waals surface area contributed by atoms with E-state index in [-0.39, 0.29) is 11.6 Å². The van der Waals surface area contributed by atoms with Crippen LogP contribution in [0.25, 0.3) is 0 Å². The monoisotopic (exact) mass is 336 g/mol. The number of nitrogen functional groups attached to an aromatic ring is 1. The van der Waals surface area contributed by atoms with Gasteiger partial charge in [0.1, 0.15) is 5.75 Å². The normalized spacial score (nSPS) is 10.2. The van der Waals surface area contributed by atoms with Crippen LogP contribution in [0.2, 0.25) is 0 Å². The predicted molar refractivity (Wildman–Crippen MR) is 78.9 cm³/mol. The number of anilines is 1. The van der Waals surface area contributed by atoms with E-state index in [1.807, 2.05) is 19.1 Å². The molecule has 0 spiro atoms. The van der Waals surface area contributed by atoms with E-state index in [9.17, 15) is 4.79 Å². The van der Waals surface area contributed by atoms with E-state index in [2.05, 4.69) is 25.7 Å². The smallest absolute Gasteiger partial charge is 0.356 e. The number of nitrogens with two attached hydrogens (primary N) is 1. The number of methoxy groups -OCH3 is 1. The number of hydrogen-bond donors (Lipinski definition) is 1. The fraction of sp³-hybridized carbons (Fsp3) is 0.143. The molecule has 5 nitrogen and oxygen atoms in total. The van der Waals surface area contributed by atoms with E-state index >= 15 is 0 Å². The molecule has 1 heterocycles. The molecule has 0 aliphatic heterocycles. The number of esters is 1. The Morgan fingerprint density at radius 3 is 2.70 bits per heavy atom. The van der Waals surface area contributed by atoms with Crippen molar-refractivity contribution in [2.75, 3.05) is 12.8 Å². The number of carbonyl (C=O) groups excluding carboxylic acids is 1. The van der Waals surface area contributed by atoms with Gasteiger partial charge in [0.15, 0.2) is 5.69 Å². The summed E-state index contributed by atoms with van der Waals surface area (Å²) in [6.45, 7) is 1.97. The molecule has 20 heavy (non-hydrogen) atoms. The van der Waals surface area contributed by atoms with Crippen molar-refractivity contribution in [3.63, 3.8) is 0 Å². The lowest BCUT2D eigenvalue weighted by Crippen LogP contribution is -2.06. The summed E-state index contributed by atoms with van der Waals surface area (Å²) in [7, 11) is 1.29. The van der Waals surface area contributed by atoms with Crippen LogP contribution in [0.3, 0.4) is 0 Å². The molecule has 2 N–H and O–H groups in total. The van der Waals surface area contributed by atoms with Crippen LogP contribution in [-0.4, -0.2) is 18.1 Å². The largest absolute Gasteiger partial charge is 0.464 e. The van der Waals surface area contributed by atoms with E-state index in [1.54, 1.807) is 12.1 Å². The first-order chi connectivity index (χ1) is 9.51. The molecule has 0 bridgehead atoms. The Labute approximate surface area is 124 Å². The van der Waals surface area contributed by atoms with Crippen molar-refractivity contribution in [2.24, 2.45) is 0 Å². The average Bonchev–Trinajstić information content (AvgIpc) is 2.43. The highest BCUT2D eigenvalue weighted by molar-refractivity contribution is 9.10. The lowest BCUT2D eigenvalue weighted by atomic mass is 10.2. The van der Waals surface area contributed by atoms with Crippen molar-refractivity contribution < 1.29 is 14.3 Å². The molecule has 1 aromatic carbocycles. The van der Waals surface area contributed by atoms with Gasteiger partial charge in [0, 0.05) is 0 Å². The van der Waals surface area contributed by atoms with E-state index in [1.165, 1.54) is 13.2 Å². The van der Waals surface area contributed by atoms with Crippen LogP contribution in [0.1, 0.15) is 16.1 Å².